The van der Waals surface area contributed by atoms with Gasteiger partial charge in [-0.05, 0) is 26.2 Å². The summed E-state index contributed by atoms with van der Waals surface area (Å²) in [5.41, 5.74) is 0. The van der Waals surface area contributed by atoms with Crippen molar-refractivity contribution in [3.8, 4) is 0 Å². The van der Waals surface area contributed by atoms with Gasteiger partial charge in [-0.3, -0.25) is 0 Å². The van der Waals surface area contributed by atoms with E-state index in [9.17, 15) is 0 Å². The van der Waals surface area contributed by atoms with Gasteiger partial charge in [0.1, 0.15) is 17.5 Å². The van der Waals surface area contributed by atoms with Gasteiger partial charge in [0.2, 0.25) is 0 Å². The van der Waals surface area contributed by atoms with E-state index in [2.05, 4.69) is 27.5 Å². The summed E-state index contributed by atoms with van der Waals surface area (Å²) in [5, 5.41) is 6.76. The minimum absolute atomic E-state index is 0.465. The van der Waals surface area contributed by atoms with Crippen molar-refractivity contribution >= 4 is 11.6 Å². The minimum Gasteiger partial charge on any atom is -0.381 e. The molecule has 18 heavy (non-hydrogen) atoms. The van der Waals surface area contributed by atoms with Gasteiger partial charge in [0.05, 0.1) is 0 Å². The van der Waals surface area contributed by atoms with Gasteiger partial charge >= 0.3 is 0 Å². The van der Waals surface area contributed by atoms with E-state index in [1.807, 2.05) is 13.0 Å². The molecule has 0 saturated carbocycles. The smallest absolute Gasteiger partial charge is 0.132 e. The molecule has 0 aromatic carbocycles. The molecule has 0 unspecified atom stereocenters. The highest BCUT2D eigenvalue weighted by Gasteiger charge is 2.14. The van der Waals surface area contributed by atoms with Crippen molar-refractivity contribution < 1.29 is 4.74 Å². The van der Waals surface area contributed by atoms with Gasteiger partial charge in [-0.1, -0.05) is 6.92 Å². The molecule has 0 spiro atoms. The highest BCUT2D eigenvalue weighted by molar-refractivity contribution is 5.48. The third-order valence-electron chi connectivity index (χ3n) is 2.97. The van der Waals surface area contributed by atoms with Crippen LogP contribution in [0, 0.1) is 6.92 Å². The van der Waals surface area contributed by atoms with Crippen LogP contribution in [0.25, 0.3) is 0 Å². The molecule has 0 radical (unpaired) electrons. The van der Waals surface area contributed by atoms with E-state index in [0.717, 1.165) is 56.5 Å². The van der Waals surface area contributed by atoms with Gasteiger partial charge in [0, 0.05) is 31.9 Å². The number of hydrogen-bond donors (Lipinski definition) is 2. The van der Waals surface area contributed by atoms with Crippen LogP contribution in [-0.2, 0) is 4.74 Å². The predicted octanol–water partition coefficient (Wildman–Crippen LogP) is 2.20. The van der Waals surface area contributed by atoms with Gasteiger partial charge in [0.15, 0.2) is 0 Å². The molecule has 1 fully saturated rings. The summed E-state index contributed by atoms with van der Waals surface area (Å²) in [6, 6.07) is 2.45. The van der Waals surface area contributed by atoms with Crippen molar-refractivity contribution in [2.75, 3.05) is 30.4 Å². The Morgan fingerprint density at radius 3 is 2.72 bits per heavy atom. The second-order valence-corrected chi connectivity index (χ2v) is 4.64. The second-order valence-electron chi connectivity index (χ2n) is 4.64. The zero-order valence-electron chi connectivity index (χ0n) is 11.2. The molecular weight excluding hydrogens is 228 g/mol. The van der Waals surface area contributed by atoms with E-state index in [0.29, 0.717) is 6.04 Å². The molecule has 0 aliphatic carbocycles. The summed E-state index contributed by atoms with van der Waals surface area (Å²) >= 11 is 0. The zero-order chi connectivity index (χ0) is 12.8. The average molecular weight is 250 g/mol. The molecule has 2 rings (SSSR count). The van der Waals surface area contributed by atoms with Crippen molar-refractivity contribution in [3.05, 3.63) is 11.9 Å². The Morgan fingerprint density at radius 1 is 1.28 bits per heavy atom. The van der Waals surface area contributed by atoms with E-state index in [4.69, 9.17) is 4.74 Å². The molecule has 1 aromatic heterocycles. The number of nitrogens with one attached hydrogen (secondary N) is 2. The summed E-state index contributed by atoms with van der Waals surface area (Å²) in [5.74, 6) is 2.61. The first-order valence-corrected chi connectivity index (χ1v) is 6.71. The third kappa shape index (κ3) is 3.84. The summed E-state index contributed by atoms with van der Waals surface area (Å²) < 4.78 is 5.35. The molecule has 1 aliphatic rings. The fraction of sp³-hybridized carbons (Fsp3) is 0.692. The quantitative estimate of drug-likeness (QED) is 0.839. The molecule has 5 heteroatoms. The Labute approximate surface area is 108 Å². The van der Waals surface area contributed by atoms with Gasteiger partial charge in [-0.2, -0.15) is 0 Å². The van der Waals surface area contributed by atoms with Crippen LogP contribution in [-0.4, -0.2) is 35.8 Å². The monoisotopic (exact) mass is 250 g/mol. The van der Waals surface area contributed by atoms with Gasteiger partial charge in [-0.25, -0.2) is 9.97 Å². The molecule has 2 N–H and O–H groups in total. The Bertz CT molecular complexity index is 377. The Balaban J connectivity index is 1.99. The van der Waals surface area contributed by atoms with Crippen molar-refractivity contribution in [3.63, 3.8) is 0 Å². The fourth-order valence-electron chi connectivity index (χ4n) is 2.04. The predicted molar refractivity (Wildman–Crippen MR) is 73.0 cm³/mol. The van der Waals surface area contributed by atoms with E-state index in [1.54, 1.807) is 0 Å². The molecule has 0 amide bonds. The number of aryl methyl sites for hydroxylation is 1. The van der Waals surface area contributed by atoms with Gasteiger partial charge < -0.3 is 15.4 Å². The lowest BCUT2D eigenvalue weighted by atomic mass is 10.1. The molecule has 1 saturated heterocycles. The largest absolute Gasteiger partial charge is 0.381 e. The number of nitrogens with zero attached hydrogens (tertiary/aromatic N) is 2. The van der Waals surface area contributed by atoms with Crippen LogP contribution in [0.5, 0.6) is 0 Å². The topological polar surface area (TPSA) is 59.1 Å². The molecule has 100 valence electrons. The van der Waals surface area contributed by atoms with Crippen molar-refractivity contribution in [2.24, 2.45) is 0 Å². The molecule has 0 atom stereocenters. The fourth-order valence-corrected chi connectivity index (χ4v) is 2.04. The lowest BCUT2D eigenvalue weighted by molar-refractivity contribution is 0.0904. The van der Waals surface area contributed by atoms with Crippen LogP contribution in [0.15, 0.2) is 6.07 Å². The first-order chi connectivity index (χ1) is 8.78. The van der Waals surface area contributed by atoms with Crippen molar-refractivity contribution in [1.82, 2.24) is 9.97 Å². The van der Waals surface area contributed by atoms with Crippen LogP contribution in [0.1, 0.15) is 32.0 Å². The maximum Gasteiger partial charge on any atom is 0.132 e. The molecule has 1 aromatic rings. The van der Waals surface area contributed by atoms with Crippen molar-refractivity contribution in [1.29, 1.82) is 0 Å². The standard InChI is InChI=1S/C13H22N4O/c1-3-6-14-12-9-13(16-10(2)15-12)17-11-4-7-18-8-5-11/h9,11H,3-8H2,1-2H3,(H2,14,15,16,17). The SMILES string of the molecule is CCCNc1cc(NC2CCOCC2)nc(C)n1. The molecule has 2 heterocycles. The van der Waals surface area contributed by atoms with Crippen LogP contribution < -0.4 is 10.6 Å². The highest BCUT2D eigenvalue weighted by atomic mass is 16.5. The van der Waals surface area contributed by atoms with E-state index < -0.39 is 0 Å². The number of anilines is 2. The average Bonchev–Trinajstić information content (AvgIpc) is 2.37. The Morgan fingerprint density at radius 2 is 2.00 bits per heavy atom. The lowest BCUT2D eigenvalue weighted by Crippen LogP contribution is -2.28. The first kappa shape index (κ1) is 13.1. The van der Waals surface area contributed by atoms with Crippen LogP contribution in [0.2, 0.25) is 0 Å². The van der Waals surface area contributed by atoms with E-state index in [1.165, 1.54) is 0 Å². The van der Waals surface area contributed by atoms with E-state index in [-0.39, 0.29) is 0 Å². The molecular formula is C13H22N4O. The van der Waals surface area contributed by atoms with Gasteiger partial charge in [-0.15, -0.1) is 0 Å². The maximum absolute atomic E-state index is 5.35. The highest BCUT2D eigenvalue weighted by Crippen LogP contribution is 2.16. The zero-order valence-corrected chi connectivity index (χ0v) is 11.2. The maximum atomic E-state index is 5.35. The minimum atomic E-state index is 0.465. The summed E-state index contributed by atoms with van der Waals surface area (Å²) in [6.45, 7) is 6.67. The number of ether oxygens (including phenoxy) is 1. The van der Waals surface area contributed by atoms with Crippen LogP contribution in [0.4, 0.5) is 11.6 Å². The summed E-state index contributed by atoms with van der Waals surface area (Å²) in [4.78, 5) is 8.81. The molecule has 0 bridgehead atoms. The first-order valence-electron chi connectivity index (χ1n) is 6.71. The van der Waals surface area contributed by atoms with Crippen LogP contribution >= 0.6 is 0 Å². The second kappa shape index (κ2) is 6.54. The third-order valence-corrected chi connectivity index (χ3v) is 2.97. The van der Waals surface area contributed by atoms with Crippen molar-refractivity contribution in [2.45, 2.75) is 39.2 Å². The number of rotatable bonds is 5. The summed E-state index contributed by atoms with van der Waals surface area (Å²) in [6.07, 6.45) is 3.17. The summed E-state index contributed by atoms with van der Waals surface area (Å²) in [7, 11) is 0. The molecule has 5 nitrogen and oxygen atoms in total. The Kier molecular flexibility index (Phi) is 4.75. The normalized spacial score (nSPS) is 16.6. The Hall–Kier alpha value is -1.36. The number of aromatic nitrogens is 2. The molecule has 1 aliphatic heterocycles. The number of hydrogen-bond acceptors (Lipinski definition) is 5. The van der Waals surface area contributed by atoms with Gasteiger partial charge in [0.25, 0.3) is 0 Å². The lowest BCUT2D eigenvalue weighted by Gasteiger charge is -2.23. The van der Waals surface area contributed by atoms with E-state index >= 15 is 0 Å². The van der Waals surface area contributed by atoms with Crippen LogP contribution in [0.3, 0.4) is 0 Å².